The SMILES string of the molecule is CCN(c1ccccc1)S(=O)(=O)c1ccc(OC)c(NC(=O)C2CC(c3cccc(F)c3)=NO2)c1. The number of benzene rings is 3. The molecule has 3 aromatic carbocycles. The molecule has 0 spiro atoms. The van der Waals surface area contributed by atoms with E-state index in [4.69, 9.17) is 9.57 Å². The Hall–Kier alpha value is -3.92. The van der Waals surface area contributed by atoms with Crippen LogP contribution in [0.25, 0.3) is 0 Å². The van der Waals surface area contributed by atoms with Gasteiger partial charge in [-0.2, -0.15) is 0 Å². The molecule has 1 atom stereocenters. The molecule has 10 heteroatoms. The molecule has 8 nitrogen and oxygen atoms in total. The Kier molecular flexibility index (Phi) is 7.02. The number of ether oxygens (including phenoxy) is 1. The van der Waals surface area contributed by atoms with Crippen molar-refractivity contribution in [3.63, 3.8) is 0 Å². The first-order valence-electron chi connectivity index (χ1n) is 10.9. The summed E-state index contributed by atoms with van der Waals surface area (Å²) in [6.07, 6.45) is -0.831. The fourth-order valence-electron chi connectivity index (χ4n) is 3.73. The van der Waals surface area contributed by atoms with Crippen LogP contribution >= 0.6 is 0 Å². The second-order valence-corrected chi connectivity index (χ2v) is 9.57. The molecule has 3 aromatic rings. The monoisotopic (exact) mass is 497 g/mol. The minimum absolute atomic E-state index is 0.0108. The lowest BCUT2D eigenvalue weighted by molar-refractivity contribution is -0.125. The minimum Gasteiger partial charge on any atom is -0.495 e. The first-order valence-corrected chi connectivity index (χ1v) is 12.3. The summed E-state index contributed by atoms with van der Waals surface area (Å²) in [5.41, 5.74) is 1.66. The number of oxime groups is 1. The van der Waals surface area contributed by atoms with Crippen LogP contribution in [-0.2, 0) is 19.7 Å². The van der Waals surface area contributed by atoms with Gasteiger partial charge in [-0.1, -0.05) is 35.5 Å². The number of nitrogens with one attached hydrogen (secondary N) is 1. The summed E-state index contributed by atoms with van der Waals surface area (Å²) in [6.45, 7) is 1.96. The van der Waals surface area contributed by atoms with Gasteiger partial charge in [0.15, 0.2) is 0 Å². The molecule has 0 bridgehead atoms. The molecule has 4 rings (SSSR count). The number of methoxy groups -OCH3 is 1. The highest BCUT2D eigenvalue weighted by Crippen LogP contribution is 2.31. The molecule has 1 unspecified atom stereocenters. The third-order valence-electron chi connectivity index (χ3n) is 5.47. The quantitative estimate of drug-likeness (QED) is 0.504. The fourth-order valence-corrected chi connectivity index (χ4v) is 5.23. The van der Waals surface area contributed by atoms with Crippen LogP contribution in [0, 0.1) is 5.82 Å². The van der Waals surface area contributed by atoms with E-state index in [2.05, 4.69) is 10.5 Å². The standard InChI is InChI=1S/C25H24FN3O5S/c1-3-29(19-10-5-4-6-11-19)35(31,32)20-12-13-23(33-2)22(15-20)27-25(30)24-16-21(28-34-24)17-8-7-9-18(26)14-17/h4-15,24H,3,16H2,1-2H3,(H,27,30). The number of anilines is 2. The van der Waals surface area contributed by atoms with Gasteiger partial charge < -0.3 is 14.9 Å². The van der Waals surface area contributed by atoms with Crippen molar-refractivity contribution in [2.75, 3.05) is 23.3 Å². The highest BCUT2D eigenvalue weighted by atomic mass is 32.2. The number of rotatable bonds is 8. The zero-order valence-corrected chi connectivity index (χ0v) is 20.0. The number of carbonyl (C=O) groups excluding carboxylic acids is 1. The van der Waals surface area contributed by atoms with Gasteiger partial charge in [0.05, 0.1) is 29.1 Å². The first kappa shape index (κ1) is 24.2. The molecule has 0 radical (unpaired) electrons. The van der Waals surface area contributed by atoms with Crippen LogP contribution in [0.15, 0.2) is 82.8 Å². The predicted octanol–water partition coefficient (Wildman–Crippen LogP) is 4.18. The number of para-hydroxylation sites is 1. The zero-order valence-electron chi connectivity index (χ0n) is 19.1. The van der Waals surface area contributed by atoms with E-state index >= 15 is 0 Å². The molecule has 0 saturated heterocycles. The normalized spacial score (nSPS) is 15.2. The molecule has 0 saturated carbocycles. The van der Waals surface area contributed by atoms with Crippen molar-refractivity contribution in [3.05, 3.63) is 84.2 Å². The van der Waals surface area contributed by atoms with Gasteiger partial charge in [0.25, 0.3) is 15.9 Å². The number of nitrogens with zero attached hydrogens (tertiary/aromatic N) is 2. The molecule has 1 aliphatic heterocycles. The van der Waals surface area contributed by atoms with Crippen LogP contribution in [0.1, 0.15) is 18.9 Å². The second kappa shape index (κ2) is 10.1. The fraction of sp³-hybridized carbons (Fsp3) is 0.200. The van der Waals surface area contributed by atoms with Crippen LogP contribution < -0.4 is 14.4 Å². The highest BCUT2D eigenvalue weighted by molar-refractivity contribution is 7.92. The van der Waals surface area contributed by atoms with Gasteiger partial charge in [-0.3, -0.25) is 9.10 Å². The van der Waals surface area contributed by atoms with Gasteiger partial charge >= 0.3 is 0 Å². The summed E-state index contributed by atoms with van der Waals surface area (Å²) in [5.74, 6) is -0.676. The van der Waals surface area contributed by atoms with Gasteiger partial charge in [0.2, 0.25) is 6.10 Å². The van der Waals surface area contributed by atoms with Crippen molar-refractivity contribution in [1.29, 1.82) is 0 Å². The summed E-state index contributed by atoms with van der Waals surface area (Å²) in [6, 6.07) is 18.8. The molecule has 0 aromatic heterocycles. The number of halogens is 1. The maximum absolute atomic E-state index is 13.5. The van der Waals surface area contributed by atoms with Crippen LogP contribution in [0.3, 0.4) is 0 Å². The molecule has 0 fully saturated rings. The number of hydrogen-bond donors (Lipinski definition) is 1. The van der Waals surface area contributed by atoms with E-state index in [9.17, 15) is 17.6 Å². The Morgan fingerprint density at radius 2 is 1.91 bits per heavy atom. The first-order chi connectivity index (χ1) is 16.8. The summed E-state index contributed by atoms with van der Waals surface area (Å²) in [4.78, 5) is 18.2. The second-order valence-electron chi connectivity index (χ2n) is 7.70. The Labute approximate surface area is 203 Å². The summed E-state index contributed by atoms with van der Waals surface area (Å²) >= 11 is 0. The predicted molar refractivity (Wildman–Crippen MR) is 131 cm³/mol. The topological polar surface area (TPSA) is 97.3 Å². The largest absolute Gasteiger partial charge is 0.495 e. The molecule has 35 heavy (non-hydrogen) atoms. The molecule has 1 amide bonds. The van der Waals surface area contributed by atoms with Crippen molar-refractivity contribution in [2.24, 2.45) is 5.16 Å². The number of carbonyl (C=O) groups is 1. The summed E-state index contributed by atoms with van der Waals surface area (Å²) in [5, 5.41) is 6.59. The van der Waals surface area contributed by atoms with Crippen LogP contribution in [0.4, 0.5) is 15.8 Å². The maximum Gasteiger partial charge on any atom is 0.268 e. The average molecular weight is 498 g/mol. The Bertz CT molecular complexity index is 1360. The Balaban J connectivity index is 1.55. The van der Waals surface area contributed by atoms with Crippen molar-refractivity contribution in [3.8, 4) is 5.75 Å². The van der Waals surface area contributed by atoms with Gasteiger partial charge in [-0.15, -0.1) is 0 Å². The van der Waals surface area contributed by atoms with Gasteiger partial charge in [0, 0.05) is 18.5 Å². The maximum atomic E-state index is 13.5. The summed E-state index contributed by atoms with van der Waals surface area (Å²) in [7, 11) is -2.50. The average Bonchev–Trinajstić information content (AvgIpc) is 3.36. The van der Waals surface area contributed by atoms with Crippen molar-refractivity contribution < 1.29 is 27.2 Å². The van der Waals surface area contributed by atoms with E-state index in [0.717, 1.165) is 0 Å². The molecular formula is C25H24FN3O5S. The zero-order chi connectivity index (χ0) is 25.0. The molecule has 1 aliphatic rings. The number of hydrogen-bond acceptors (Lipinski definition) is 6. The minimum atomic E-state index is -3.92. The molecule has 182 valence electrons. The van der Waals surface area contributed by atoms with E-state index in [-0.39, 0.29) is 29.3 Å². The Morgan fingerprint density at radius 1 is 1.14 bits per heavy atom. The lowest BCUT2D eigenvalue weighted by atomic mass is 10.0. The number of sulfonamides is 1. The van der Waals surface area contributed by atoms with E-state index in [0.29, 0.717) is 17.0 Å². The third kappa shape index (κ3) is 5.12. The van der Waals surface area contributed by atoms with E-state index in [1.165, 1.54) is 41.7 Å². The van der Waals surface area contributed by atoms with Gasteiger partial charge in [-0.25, -0.2) is 12.8 Å². The smallest absolute Gasteiger partial charge is 0.268 e. The van der Waals surface area contributed by atoms with E-state index < -0.39 is 27.9 Å². The molecule has 1 N–H and O–H groups in total. The van der Waals surface area contributed by atoms with Crippen LogP contribution in [-0.4, -0.2) is 39.8 Å². The molecular weight excluding hydrogens is 473 g/mol. The van der Waals surface area contributed by atoms with E-state index in [1.54, 1.807) is 49.4 Å². The molecule has 0 aliphatic carbocycles. The molecule has 1 heterocycles. The number of amides is 1. The lowest BCUT2D eigenvalue weighted by Crippen LogP contribution is -2.31. The van der Waals surface area contributed by atoms with Gasteiger partial charge in [0.1, 0.15) is 11.6 Å². The van der Waals surface area contributed by atoms with Crippen LogP contribution in [0.5, 0.6) is 5.75 Å². The van der Waals surface area contributed by atoms with Gasteiger partial charge in [-0.05, 0) is 49.4 Å². The van der Waals surface area contributed by atoms with Crippen molar-refractivity contribution >= 4 is 33.0 Å². The van der Waals surface area contributed by atoms with Crippen LogP contribution in [0.2, 0.25) is 0 Å². The highest BCUT2D eigenvalue weighted by Gasteiger charge is 2.31. The summed E-state index contributed by atoms with van der Waals surface area (Å²) < 4.78 is 46.9. The third-order valence-corrected chi connectivity index (χ3v) is 7.37. The van der Waals surface area contributed by atoms with Crippen molar-refractivity contribution in [1.82, 2.24) is 0 Å². The Morgan fingerprint density at radius 3 is 2.60 bits per heavy atom. The van der Waals surface area contributed by atoms with Crippen molar-refractivity contribution in [2.45, 2.75) is 24.3 Å². The lowest BCUT2D eigenvalue weighted by Gasteiger charge is -2.23. The van der Waals surface area contributed by atoms with E-state index in [1.807, 2.05) is 0 Å².